The zero-order valence-electron chi connectivity index (χ0n) is 21.0. The molecule has 0 N–H and O–H groups in total. The molecule has 2 aliphatic rings. The maximum absolute atomic E-state index is 15.4. The lowest BCUT2D eigenvalue weighted by molar-refractivity contribution is 0.143. The number of halogens is 2. The lowest BCUT2D eigenvalue weighted by Gasteiger charge is -2.31. The summed E-state index contributed by atoms with van der Waals surface area (Å²) in [6.45, 7) is 6.76. The highest BCUT2D eigenvalue weighted by Crippen LogP contribution is 2.31. The Bertz CT molecular complexity index is 1440. The smallest absolute Gasteiger partial charge is 0.164 e. The Labute approximate surface area is 228 Å². The van der Waals surface area contributed by atoms with Gasteiger partial charge in [0.1, 0.15) is 28.8 Å². The first-order valence-corrected chi connectivity index (χ1v) is 11.9. The van der Waals surface area contributed by atoms with E-state index in [-0.39, 0.29) is 39.4 Å². The van der Waals surface area contributed by atoms with Gasteiger partial charge in [-0.25, -0.2) is 23.7 Å². The molecule has 0 amide bonds. The first kappa shape index (κ1) is 27.4. The summed E-state index contributed by atoms with van der Waals surface area (Å²) in [7, 11) is 2.18. The van der Waals surface area contributed by atoms with Gasteiger partial charge in [0, 0.05) is 49.0 Å². The highest BCUT2D eigenvalue weighted by Gasteiger charge is 2.41. The van der Waals surface area contributed by atoms with Crippen LogP contribution in [0.3, 0.4) is 0 Å². The largest absolute Gasteiger partial charge is 0.304 e. The minimum absolute atomic E-state index is 0. The lowest BCUT2D eigenvalue weighted by Crippen LogP contribution is -2.43. The van der Waals surface area contributed by atoms with E-state index in [1.807, 2.05) is 30.5 Å². The van der Waals surface area contributed by atoms with Crippen molar-refractivity contribution < 1.29 is 8.78 Å². The van der Waals surface area contributed by atoms with Crippen LogP contribution >= 0.6 is 27.0 Å². The van der Waals surface area contributed by atoms with E-state index in [0.717, 1.165) is 37.1 Å². The average molecular weight is 544 g/mol. The van der Waals surface area contributed by atoms with Gasteiger partial charge in [-0.05, 0) is 45.0 Å². The van der Waals surface area contributed by atoms with Gasteiger partial charge in [-0.1, -0.05) is 12.1 Å². The standard InChI is InChI=1S/C26H27F2N7.2H2S/c1-15-24-26(31-16(2)30-15)35(25(32-24)19-7-20(27)10-29-9-19)12-18-5-4-17(6-23(18)28)11-34-14-21-8-22(34)13-33(21)3;;/h4-7,9-10,21-22H,8,11-14H2,1-3H3;2*1H2. The van der Waals surface area contributed by atoms with Crippen molar-refractivity contribution in [3.63, 3.8) is 0 Å². The molecular formula is C26H31F2N7S2. The van der Waals surface area contributed by atoms with Gasteiger partial charge in [0.15, 0.2) is 5.65 Å². The van der Waals surface area contributed by atoms with E-state index in [1.165, 1.54) is 12.5 Å². The van der Waals surface area contributed by atoms with Crippen molar-refractivity contribution in [1.82, 2.24) is 34.3 Å². The second-order valence-electron chi connectivity index (χ2n) is 9.78. The fourth-order valence-electron chi connectivity index (χ4n) is 5.54. The number of nitrogens with zero attached hydrogens (tertiary/aromatic N) is 7. The monoisotopic (exact) mass is 543 g/mol. The lowest BCUT2D eigenvalue weighted by atomic mass is 10.1. The second-order valence-corrected chi connectivity index (χ2v) is 9.78. The average Bonchev–Trinajstić information content (AvgIpc) is 3.48. The summed E-state index contributed by atoms with van der Waals surface area (Å²) < 4.78 is 31.1. The van der Waals surface area contributed by atoms with Crippen molar-refractivity contribution >= 4 is 38.2 Å². The van der Waals surface area contributed by atoms with E-state index in [2.05, 4.69) is 31.8 Å². The predicted octanol–water partition coefficient (Wildman–Crippen LogP) is 3.95. The van der Waals surface area contributed by atoms with Crippen LogP contribution in [-0.2, 0) is 13.1 Å². The summed E-state index contributed by atoms with van der Waals surface area (Å²) in [5.41, 5.74) is 3.93. The van der Waals surface area contributed by atoms with Gasteiger partial charge in [-0.3, -0.25) is 9.88 Å². The number of aryl methyl sites for hydroxylation is 2. The molecule has 196 valence electrons. The number of rotatable bonds is 5. The Hall–Kier alpha value is -2.60. The van der Waals surface area contributed by atoms with Crippen molar-refractivity contribution in [1.29, 1.82) is 0 Å². The van der Waals surface area contributed by atoms with E-state index in [4.69, 9.17) is 4.98 Å². The number of fused-ring (bicyclic) bond motifs is 3. The van der Waals surface area contributed by atoms with Crippen molar-refractivity contribution in [2.45, 2.75) is 45.4 Å². The van der Waals surface area contributed by atoms with Crippen LogP contribution in [-0.4, -0.2) is 66.5 Å². The molecule has 37 heavy (non-hydrogen) atoms. The van der Waals surface area contributed by atoms with Crippen LogP contribution in [0.4, 0.5) is 8.78 Å². The number of aromatic nitrogens is 5. The summed E-state index contributed by atoms with van der Waals surface area (Å²) in [6.07, 6.45) is 3.90. The van der Waals surface area contributed by atoms with E-state index in [0.29, 0.717) is 46.0 Å². The third-order valence-electron chi connectivity index (χ3n) is 7.30. The number of pyridine rings is 1. The molecule has 0 radical (unpaired) electrons. The van der Waals surface area contributed by atoms with E-state index < -0.39 is 5.82 Å². The molecule has 6 rings (SSSR count). The van der Waals surface area contributed by atoms with Crippen molar-refractivity contribution in [3.05, 3.63) is 70.9 Å². The van der Waals surface area contributed by atoms with Crippen molar-refractivity contribution in [2.75, 3.05) is 20.1 Å². The molecule has 1 aromatic carbocycles. The Morgan fingerprint density at radius 3 is 2.43 bits per heavy atom. The minimum Gasteiger partial charge on any atom is -0.304 e. The Balaban J connectivity index is 0.00000160. The first-order chi connectivity index (χ1) is 16.9. The van der Waals surface area contributed by atoms with Gasteiger partial charge in [0.25, 0.3) is 0 Å². The van der Waals surface area contributed by atoms with E-state index in [9.17, 15) is 4.39 Å². The molecule has 2 aliphatic heterocycles. The fraction of sp³-hybridized carbons (Fsp3) is 0.385. The second kappa shape index (κ2) is 10.6. The maximum atomic E-state index is 15.4. The maximum Gasteiger partial charge on any atom is 0.164 e. The molecule has 7 nitrogen and oxygen atoms in total. The number of hydrogen-bond acceptors (Lipinski definition) is 6. The first-order valence-electron chi connectivity index (χ1n) is 11.9. The Morgan fingerprint density at radius 1 is 0.946 bits per heavy atom. The normalized spacial score (nSPS) is 19.3. The number of piperazine rings is 1. The Kier molecular flexibility index (Phi) is 7.89. The molecular weight excluding hydrogens is 512 g/mol. The van der Waals surface area contributed by atoms with Crippen LogP contribution in [0.1, 0.15) is 29.1 Å². The van der Waals surface area contributed by atoms with Crippen LogP contribution in [0.5, 0.6) is 0 Å². The minimum atomic E-state index is -0.461. The van der Waals surface area contributed by atoms with Gasteiger partial charge >= 0.3 is 0 Å². The highest BCUT2D eigenvalue weighted by molar-refractivity contribution is 7.59. The molecule has 2 unspecified atom stereocenters. The molecule has 2 fully saturated rings. The molecule has 2 atom stereocenters. The third kappa shape index (κ3) is 5.09. The summed E-state index contributed by atoms with van der Waals surface area (Å²) in [5.74, 6) is 0.353. The van der Waals surface area contributed by atoms with Crippen LogP contribution in [0.2, 0.25) is 0 Å². The molecule has 2 bridgehead atoms. The zero-order chi connectivity index (χ0) is 24.3. The molecule has 2 saturated heterocycles. The molecule has 0 saturated carbocycles. The van der Waals surface area contributed by atoms with Gasteiger partial charge in [-0.15, -0.1) is 0 Å². The topological polar surface area (TPSA) is 63.0 Å². The number of likely N-dealkylation sites (N-methyl/N-ethyl adjacent to an activating group) is 1. The quantitative estimate of drug-likeness (QED) is 0.380. The van der Waals surface area contributed by atoms with E-state index in [1.54, 1.807) is 12.3 Å². The van der Waals surface area contributed by atoms with Crippen LogP contribution in [0.15, 0.2) is 36.7 Å². The van der Waals surface area contributed by atoms with Crippen LogP contribution in [0, 0.1) is 25.5 Å². The van der Waals surface area contributed by atoms with Gasteiger partial charge in [0.05, 0.1) is 18.4 Å². The SMILES string of the molecule is Cc1nc(C)c2nc(-c3cncc(F)c3)n(Cc3ccc(CN4CC5CC4CN5C)cc3F)c2n1.S.S. The molecule has 5 heterocycles. The number of imidazole rings is 1. The molecule has 3 aromatic heterocycles. The summed E-state index contributed by atoms with van der Waals surface area (Å²) in [6, 6.07) is 8.02. The summed E-state index contributed by atoms with van der Waals surface area (Å²) in [4.78, 5) is 22.6. The Morgan fingerprint density at radius 2 is 1.76 bits per heavy atom. The number of benzene rings is 1. The summed E-state index contributed by atoms with van der Waals surface area (Å²) >= 11 is 0. The van der Waals surface area contributed by atoms with Gasteiger partial charge in [0.2, 0.25) is 0 Å². The predicted molar refractivity (Wildman–Crippen MR) is 149 cm³/mol. The van der Waals surface area contributed by atoms with Crippen LogP contribution in [0.25, 0.3) is 22.6 Å². The van der Waals surface area contributed by atoms with Crippen LogP contribution < -0.4 is 0 Å². The van der Waals surface area contributed by atoms with Gasteiger partial charge < -0.3 is 9.47 Å². The number of likely N-dealkylation sites (tertiary alicyclic amines) is 2. The molecule has 11 heteroatoms. The molecule has 0 aliphatic carbocycles. The highest BCUT2D eigenvalue weighted by atomic mass is 32.1. The van der Waals surface area contributed by atoms with Crippen molar-refractivity contribution in [2.24, 2.45) is 0 Å². The third-order valence-corrected chi connectivity index (χ3v) is 7.30. The summed E-state index contributed by atoms with van der Waals surface area (Å²) in [5, 5.41) is 0. The van der Waals surface area contributed by atoms with Gasteiger partial charge in [-0.2, -0.15) is 27.0 Å². The zero-order valence-corrected chi connectivity index (χ0v) is 23.0. The van der Waals surface area contributed by atoms with Crippen molar-refractivity contribution in [3.8, 4) is 11.4 Å². The fourth-order valence-corrected chi connectivity index (χ4v) is 5.54. The molecule has 4 aromatic rings. The number of hydrogen-bond donors (Lipinski definition) is 0. The van der Waals surface area contributed by atoms with E-state index >= 15 is 4.39 Å². The molecule has 0 spiro atoms.